The summed E-state index contributed by atoms with van der Waals surface area (Å²) in [6.07, 6.45) is -2.12. The van der Waals surface area contributed by atoms with E-state index in [-0.39, 0.29) is 18.0 Å². The third kappa shape index (κ3) is 2.48. The number of sulfonamides is 1. The first-order valence-corrected chi connectivity index (χ1v) is 7.17. The van der Waals surface area contributed by atoms with Gasteiger partial charge in [-0.25, -0.2) is 8.42 Å². The number of rotatable bonds is 2. The Labute approximate surface area is 111 Å². The van der Waals surface area contributed by atoms with Gasteiger partial charge >= 0.3 is 0 Å². The molecule has 0 amide bonds. The highest BCUT2D eigenvalue weighted by molar-refractivity contribution is 7.89. The van der Waals surface area contributed by atoms with Gasteiger partial charge in [0.05, 0.1) is 28.7 Å². The quantitative estimate of drug-likeness (QED) is 0.768. The molecule has 2 rings (SSSR count). The van der Waals surface area contributed by atoms with Crippen LogP contribution in [-0.4, -0.2) is 48.2 Å². The topological polar surface area (TPSA) is 102 Å². The van der Waals surface area contributed by atoms with Crippen LogP contribution in [0.2, 0.25) is 0 Å². The van der Waals surface area contributed by atoms with Crippen LogP contribution < -0.4 is 0 Å². The lowest BCUT2D eigenvalue weighted by atomic mass is 10.2. The van der Waals surface area contributed by atoms with Crippen LogP contribution in [0.5, 0.6) is 0 Å². The predicted octanol–water partition coefficient (Wildman–Crippen LogP) is -0.407. The van der Waals surface area contributed by atoms with Crippen LogP contribution in [0.15, 0.2) is 23.1 Å². The van der Waals surface area contributed by atoms with Crippen LogP contribution in [0.3, 0.4) is 0 Å². The molecule has 1 aliphatic heterocycles. The maximum Gasteiger partial charge on any atom is 0.243 e. The van der Waals surface area contributed by atoms with Gasteiger partial charge in [0.25, 0.3) is 0 Å². The lowest BCUT2D eigenvalue weighted by Gasteiger charge is -2.17. The van der Waals surface area contributed by atoms with Crippen molar-refractivity contribution in [3.63, 3.8) is 0 Å². The number of aryl methyl sites for hydroxylation is 1. The molecule has 0 spiro atoms. The summed E-state index contributed by atoms with van der Waals surface area (Å²) in [5, 5.41) is 27.6. The Kier molecular flexibility index (Phi) is 3.60. The number of β-amino-alcohol motifs (C(OH)–C–C–N with tert-alkyl or cyclic N) is 2. The highest BCUT2D eigenvalue weighted by Crippen LogP contribution is 2.24. The molecule has 102 valence electrons. The summed E-state index contributed by atoms with van der Waals surface area (Å²) in [5.41, 5.74) is 0.855. The van der Waals surface area contributed by atoms with Gasteiger partial charge in [-0.3, -0.25) is 0 Å². The number of hydrogen-bond acceptors (Lipinski definition) is 5. The van der Waals surface area contributed by atoms with E-state index in [1.807, 2.05) is 6.07 Å². The molecule has 0 saturated carbocycles. The highest BCUT2D eigenvalue weighted by atomic mass is 32.2. The Morgan fingerprint density at radius 3 is 2.37 bits per heavy atom. The standard InChI is InChI=1S/C12H14N2O4S/c1-8-4-9(5-13)2-3-12(8)19(17,18)14-6-10(15)11(16)7-14/h2-4,10-11,15-16H,6-7H2,1H3/t10-,11+. The molecule has 1 fully saturated rings. The lowest BCUT2D eigenvalue weighted by molar-refractivity contribution is 0.0572. The number of hydrogen-bond donors (Lipinski definition) is 2. The molecule has 0 aromatic heterocycles. The second-order valence-corrected chi connectivity index (χ2v) is 6.46. The number of benzene rings is 1. The van der Waals surface area contributed by atoms with Crippen molar-refractivity contribution in [1.29, 1.82) is 5.26 Å². The minimum atomic E-state index is -3.76. The maximum atomic E-state index is 12.4. The van der Waals surface area contributed by atoms with Crippen LogP contribution in [0, 0.1) is 18.3 Å². The first-order chi connectivity index (χ1) is 8.86. The molecule has 0 aliphatic carbocycles. The SMILES string of the molecule is Cc1cc(C#N)ccc1S(=O)(=O)N1C[C@@H](O)[C@@H](O)C1. The summed E-state index contributed by atoms with van der Waals surface area (Å²) < 4.78 is 25.8. The van der Waals surface area contributed by atoms with Crippen molar-refractivity contribution in [2.45, 2.75) is 24.0 Å². The summed E-state index contributed by atoms with van der Waals surface area (Å²) in [6, 6.07) is 6.25. The first-order valence-electron chi connectivity index (χ1n) is 5.73. The molecule has 2 N–H and O–H groups in total. The normalized spacial score (nSPS) is 24.3. The Hall–Kier alpha value is -1.46. The van der Waals surface area contributed by atoms with Gasteiger partial charge in [0.15, 0.2) is 0 Å². The summed E-state index contributed by atoms with van der Waals surface area (Å²) >= 11 is 0. The van der Waals surface area contributed by atoms with Crippen LogP contribution in [0.1, 0.15) is 11.1 Å². The van der Waals surface area contributed by atoms with E-state index < -0.39 is 22.2 Å². The number of nitriles is 1. The van der Waals surface area contributed by atoms with Crippen LogP contribution in [0.25, 0.3) is 0 Å². The summed E-state index contributed by atoms with van der Waals surface area (Å²) in [7, 11) is -3.76. The fourth-order valence-corrected chi connectivity index (χ4v) is 3.76. The van der Waals surface area contributed by atoms with Crippen molar-refractivity contribution in [3.05, 3.63) is 29.3 Å². The van der Waals surface area contributed by atoms with Gasteiger partial charge in [-0.05, 0) is 30.7 Å². The monoisotopic (exact) mass is 282 g/mol. The molecule has 1 saturated heterocycles. The molecule has 0 unspecified atom stereocenters. The van der Waals surface area contributed by atoms with E-state index in [2.05, 4.69) is 0 Å². The zero-order chi connectivity index (χ0) is 14.2. The summed E-state index contributed by atoms with van der Waals surface area (Å²) in [6.45, 7) is 1.36. The van der Waals surface area contributed by atoms with Crippen LogP contribution >= 0.6 is 0 Å². The fraction of sp³-hybridized carbons (Fsp3) is 0.417. The molecule has 1 aliphatic rings. The molecule has 0 radical (unpaired) electrons. The number of aliphatic hydroxyl groups excluding tert-OH is 2. The van der Waals surface area contributed by atoms with Crippen molar-refractivity contribution in [3.8, 4) is 6.07 Å². The second kappa shape index (κ2) is 4.90. The smallest absolute Gasteiger partial charge is 0.243 e. The van der Waals surface area contributed by atoms with Crippen molar-refractivity contribution in [1.82, 2.24) is 4.31 Å². The van der Waals surface area contributed by atoms with Gasteiger partial charge in [-0.15, -0.1) is 0 Å². The molecule has 1 heterocycles. The van der Waals surface area contributed by atoms with E-state index in [4.69, 9.17) is 5.26 Å². The Balaban J connectivity index is 2.39. The summed E-state index contributed by atoms with van der Waals surface area (Å²) in [5.74, 6) is 0. The van der Waals surface area contributed by atoms with E-state index in [1.165, 1.54) is 18.2 Å². The van der Waals surface area contributed by atoms with Crippen molar-refractivity contribution in [2.24, 2.45) is 0 Å². The molecule has 7 heteroatoms. The molecule has 19 heavy (non-hydrogen) atoms. The second-order valence-electron chi connectivity index (χ2n) is 4.55. The Morgan fingerprint density at radius 2 is 1.89 bits per heavy atom. The zero-order valence-corrected chi connectivity index (χ0v) is 11.1. The van der Waals surface area contributed by atoms with Crippen molar-refractivity contribution in [2.75, 3.05) is 13.1 Å². The van der Waals surface area contributed by atoms with Gasteiger partial charge < -0.3 is 10.2 Å². The molecular weight excluding hydrogens is 268 g/mol. The van der Waals surface area contributed by atoms with E-state index in [9.17, 15) is 18.6 Å². The third-order valence-corrected chi connectivity index (χ3v) is 5.14. The van der Waals surface area contributed by atoms with E-state index in [0.29, 0.717) is 11.1 Å². The average molecular weight is 282 g/mol. The molecule has 2 atom stereocenters. The van der Waals surface area contributed by atoms with Gasteiger partial charge in [0.1, 0.15) is 0 Å². The maximum absolute atomic E-state index is 12.4. The number of nitrogens with zero attached hydrogens (tertiary/aromatic N) is 2. The van der Waals surface area contributed by atoms with E-state index in [1.54, 1.807) is 6.92 Å². The molecular formula is C12H14N2O4S. The molecule has 0 bridgehead atoms. The van der Waals surface area contributed by atoms with Gasteiger partial charge in [0, 0.05) is 13.1 Å². The lowest BCUT2D eigenvalue weighted by Crippen LogP contribution is -2.30. The molecule has 1 aromatic rings. The van der Waals surface area contributed by atoms with Gasteiger partial charge in [-0.2, -0.15) is 9.57 Å². The first kappa shape index (κ1) is 14.0. The van der Waals surface area contributed by atoms with Gasteiger partial charge in [-0.1, -0.05) is 0 Å². The third-order valence-electron chi connectivity index (χ3n) is 3.15. The molecule has 6 nitrogen and oxygen atoms in total. The summed E-state index contributed by atoms with van der Waals surface area (Å²) in [4.78, 5) is 0.0906. The van der Waals surface area contributed by atoms with E-state index >= 15 is 0 Å². The number of aliphatic hydroxyl groups is 2. The van der Waals surface area contributed by atoms with E-state index in [0.717, 1.165) is 4.31 Å². The van der Waals surface area contributed by atoms with Gasteiger partial charge in [0.2, 0.25) is 10.0 Å². The minimum Gasteiger partial charge on any atom is -0.389 e. The van der Waals surface area contributed by atoms with Crippen LogP contribution in [-0.2, 0) is 10.0 Å². The minimum absolute atomic E-state index is 0.0906. The zero-order valence-electron chi connectivity index (χ0n) is 10.3. The fourth-order valence-electron chi connectivity index (χ4n) is 2.08. The van der Waals surface area contributed by atoms with Crippen LogP contribution in [0.4, 0.5) is 0 Å². The Bertz CT molecular complexity index is 626. The van der Waals surface area contributed by atoms with Crippen molar-refractivity contribution < 1.29 is 18.6 Å². The van der Waals surface area contributed by atoms with Crippen molar-refractivity contribution >= 4 is 10.0 Å². The highest BCUT2D eigenvalue weighted by Gasteiger charge is 2.38. The Morgan fingerprint density at radius 1 is 1.32 bits per heavy atom. The molecule has 1 aromatic carbocycles. The largest absolute Gasteiger partial charge is 0.389 e. The average Bonchev–Trinajstić information content (AvgIpc) is 2.70. The predicted molar refractivity (Wildman–Crippen MR) is 66.7 cm³/mol.